The van der Waals surface area contributed by atoms with Crippen molar-refractivity contribution in [2.45, 2.75) is 33.3 Å². The van der Waals surface area contributed by atoms with Gasteiger partial charge in [-0.05, 0) is 26.8 Å². The molecule has 0 aromatic heterocycles. The maximum atomic E-state index is 11.7. The van der Waals surface area contributed by atoms with Gasteiger partial charge in [-0.3, -0.25) is 4.79 Å². The Morgan fingerprint density at radius 1 is 1.62 bits per heavy atom. The van der Waals surface area contributed by atoms with E-state index in [2.05, 4.69) is 0 Å². The lowest BCUT2D eigenvalue weighted by Gasteiger charge is -2.22. The lowest BCUT2D eigenvalue weighted by molar-refractivity contribution is -0.141. The summed E-state index contributed by atoms with van der Waals surface area (Å²) >= 11 is 0. The van der Waals surface area contributed by atoms with E-state index in [1.807, 2.05) is 0 Å². The van der Waals surface area contributed by atoms with Crippen LogP contribution >= 0.6 is 0 Å². The highest BCUT2D eigenvalue weighted by Gasteiger charge is 2.31. The number of hydrogen-bond acceptors (Lipinski definition) is 4. The zero-order valence-electron chi connectivity index (χ0n) is 9.78. The van der Waals surface area contributed by atoms with E-state index in [0.717, 1.165) is 0 Å². The van der Waals surface area contributed by atoms with E-state index in [1.54, 1.807) is 32.9 Å². The lowest BCUT2D eigenvalue weighted by Crippen LogP contribution is -2.28. The number of carbonyl (C=O) groups is 2. The molecule has 1 unspecified atom stereocenters. The van der Waals surface area contributed by atoms with Crippen LogP contribution in [0.5, 0.6) is 0 Å². The predicted octanol–water partition coefficient (Wildman–Crippen LogP) is 1.76. The number of allylic oxidation sites excluding steroid dienone is 2. The Bertz CT molecular complexity index is 352. The normalized spacial score (nSPS) is 21.2. The second kappa shape index (κ2) is 5.49. The Labute approximate surface area is 94.9 Å². The highest BCUT2D eigenvalue weighted by Crippen LogP contribution is 2.22. The van der Waals surface area contributed by atoms with Crippen LogP contribution in [0.3, 0.4) is 0 Å². The van der Waals surface area contributed by atoms with Crippen LogP contribution in [0.25, 0.3) is 0 Å². The van der Waals surface area contributed by atoms with E-state index < -0.39 is 5.97 Å². The molecule has 0 spiro atoms. The molecule has 1 heterocycles. The van der Waals surface area contributed by atoms with Gasteiger partial charge in [0.2, 0.25) is 0 Å². The molecule has 0 aromatic carbocycles. The summed E-state index contributed by atoms with van der Waals surface area (Å²) in [6.07, 6.45) is 3.35. The van der Waals surface area contributed by atoms with E-state index in [4.69, 9.17) is 9.47 Å². The monoisotopic (exact) mass is 224 g/mol. The number of ketones is 1. The van der Waals surface area contributed by atoms with Crippen molar-refractivity contribution in [1.82, 2.24) is 0 Å². The molecule has 88 valence electrons. The van der Waals surface area contributed by atoms with Gasteiger partial charge in [-0.25, -0.2) is 4.79 Å². The summed E-state index contributed by atoms with van der Waals surface area (Å²) < 4.78 is 10.3. The lowest BCUT2D eigenvalue weighted by atomic mass is 10.0. The minimum absolute atomic E-state index is 0.0260. The Morgan fingerprint density at radius 3 is 2.88 bits per heavy atom. The van der Waals surface area contributed by atoms with Crippen molar-refractivity contribution >= 4 is 11.8 Å². The first-order chi connectivity index (χ1) is 7.60. The molecule has 1 rings (SSSR count). The molecular weight excluding hydrogens is 208 g/mol. The first kappa shape index (κ1) is 12.5. The predicted molar refractivity (Wildman–Crippen MR) is 58.6 cm³/mol. The zero-order valence-corrected chi connectivity index (χ0v) is 9.78. The maximum Gasteiger partial charge on any atom is 0.345 e. The summed E-state index contributed by atoms with van der Waals surface area (Å²) in [5.74, 6) is -0.512. The third-order valence-corrected chi connectivity index (χ3v) is 2.12. The second-order valence-corrected chi connectivity index (χ2v) is 3.52. The van der Waals surface area contributed by atoms with Gasteiger partial charge >= 0.3 is 5.97 Å². The van der Waals surface area contributed by atoms with Crippen molar-refractivity contribution in [1.29, 1.82) is 0 Å². The molecule has 1 aliphatic heterocycles. The highest BCUT2D eigenvalue weighted by atomic mass is 16.5. The van der Waals surface area contributed by atoms with E-state index in [1.165, 1.54) is 0 Å². The summed E-state index contributed by atoms with van der Waals surface area (Å²) in [6.45, 7) is 5.53. The fourth-order valence-corrected chi connectivity index (χ4v) is 1.51. The standard InChI is InChI=1S/C12H16O4/c1-4-6-10-11(12(14)15-5-2)9(13)7-8(3)16-10/h4,6,8H,5,7H2,1-3H3/b6-4+. The molecule has 16 heavy (non-hydrogen) atoms. The van der Waals surface area contributed by atoms with Crippen LogP contribution < -0.4 is 0 Å². The number of rotatable bonds is 3. The zero-order chi connectivity index (χ0) is 12.1. The van der Waals surface area contributed by atoms with Gasteiger partial charge in [-0.2, -0.15) is 0 Å². The van der Waals surface area contributed by atoms with Crippen LogP contribution in [0.15, 0.2) is 23.5 Å². The molecule has 0 amide bonds. The van der Waals surface area contributed by atoms with Crippen LogP contribution in [0, 0.1) is 0 Å². The van der Waals surface area contributed by atoms with Crippen molar-refractivity contribution in [3.63, 3.8) is 0 Å². The number of esters is 1. The molecule has 0 saturated carbocycles. The van der Waals surface area contributed by atoms with E-state index >= 15 is 0 Å². The van der Waals surface area contributed by atoms with Crippen LogP contribution in [0.1, 0.15) is 27.2 Å². The van der Waals surface area contributed by atoms with Crippen molar-refractivity contribution < 1.29 is 19.1 Å². The molecule has 0 aliphatic carbocycles. The number of carbonyl (C=O) groups excluding carboxylic acids is 2. The van der Waals surface area contributed by atoms with Crippen molar-refractivity contribution in [3.8, 4) is 0 Å². The number of ether oxygens (including phenoxy) is 2. The molecule has 1 atom stereocenters. The molecule has 0 N–H and O–H groups in total. The summed E-state index contributed by atoms with van der Waals surface area (Å²) in [5.41, 5.74) is 0.0260. The SMILES string of the molecule is C/C=C/C1=C(C(=O)OCC)C(=O)CC(C)O1. The Balaban J connectivity index is 3.07. The average molecular weight is 224 g/mol. The van der Waals surface area contributed by atoms with Gasteiger partial charge in [0.1, 0.15) is 17.4 Å². The van der Waals surface area contributed by atoms with E-state index in [0.29, 0.717) is 5.76 Å². The molecule has 4 heteroatoms. The minimum atomic E-state index is -0.604. The Hall–Kier alpha value is -1.58. The van der Waals surface area contributed by atoms with E-state index in [-0.39, 0.29) is 30.5 Å². The molecule has 0 radical (unpaired) electrons. The Morgan fingerprint density at radius 2 is 2.31 bits per heavy atom. The summed E-state index contributed by atoms with van der Waals surface area (Å²) in [6, 6.07) is 0. The van der Waals surface area contributed by atoms with Gasteiger partial charge in [0.15, 0.2) is 5.78 Å². The number of hydrogen-bond donors (Lipinski definition) is 0. The topological polar surface area (TPSA) is 52.6 Å². The van der Waals surface area contributed by atoms with Crippen LogP contribution in [-0.2, 0) is 19.1 Å². The van der Waals surface area contributed by atoms with Crippen molar-refractivity contribution in [3.05, 3.63) is 23.5 Å². The molecular formula is C12H16O4. The van der Waals surface area contributed by atoms with Gasteiger partial charge < -0.3 is 9.47 Å². The summed E-state index contributed by atoms with van der Waals surface area (Å²) in [4.78, 5) is 23.3. The summed E-state index contributed by atoms with van der Waals surface area (Å²) in [5, 5.41) is 0. The molecule has 0 bridgehead atoms. The van der Waals surface area contributed by atoms with Crippen LogP contribution in [0.2, 0.25) is 0 Å². The molecule has 0 saturated heterocycles. The quantitative estimate of drug-likeness (QED) is 0.541. The van der Waals surface area contributed by atoms with Crippen molar-refractivity contribution in [2.24, 2.45) is 0 Å². The summed E-state index contributed by atoms with van der Waals surface area (Å²) in [7, 11) is 0. The largest absolute Gasteiger partial charge is 0.489 e. The molecule has 0 fully saturated rings. The maximum absolute atomic E-state index is 11.7. The van der Waals surface area contributed by atoms with Gasteiger partial charge in [-0.1, -0.05) is 6.08 Å². The van der Waals surface area contributed by atoms with Crippen molar-refractivity contribution in [2.75, 3.05) is 6.61 Å². The first-order valence-electron chi connectivity index (χ1n) is 5.34. The third kappa shape index (κ3) is 2.72. The fourth-order valence-electron chi connectivity index (χ4n) is 1.51. The fraction of sp³-hybridized carbons (Fsp3) is 0.500. The van der Waals surface area contributed by atoms with Crippen LogP contribution in [-0.4, -0.2) is 24.5 Å². The van der Waals surface area contributed by atoms with Crippen LogP contribution in [0.4, 0.5) is 0 Å². The minimum Gasteiger partial charge on any atom is -0.489 e. The third-order valence-electron chi connectivity index (χ3n) is 2.12. The smallest absolute Gasteiger partial charge is 0.345 e. The number of Topliss-reactive ketones (excluding diaryl/α,β-unsaturated/α-hetero) is 1. The molecule has 1 aliphatic rings. The van der Waals surface area contributed by atoms with E-state index in [9.17, 15) is 9.59 Å². The van der Waals surface area contributed by atoms with Gasteiger partial charge in [0, 0.05) is 6.42 Å². The Kier molecular flexibility index (Phi) is 4.28. The first-order valence-corrected chi connectivity index (χ1v) is 5.34. The second-order valence-electron chi connectivity index (χ2n) is 3.52. The molecule has 4 nitrogen and oxygen atoms in total. The average Bonchev–Trinajstić information content (AvgIpc) is 2.17. The van der Waals surface area contributed by atoms with Gasteiger partial charge in [0.25, 0.3) is 0 Å². The van der Waals surface area contributed by atoms with Gasteiger partial charge in [0.05, 0.1) is 6.61 Å². The highest BCUT2D eigenvalue weighted by molar-refractivity contribution is 6.18. The van der Waals surface area contributed by atoms with Gasteiger partial charge in [-0.15, -0.1) is 0 Å². The molecule has 0 aromatic rings.